The number of amides is 1. The van der Waals surface area contributed by atoms with Gasteiger partial charge < -0.3 is 15.7 Å². The van der Waals surface area contributed by atoms with Crippen molar-refractivity contribution < 1.29 is 9.90 Å². The van der Waals surface area contributed by atoms with Crippen LogP contribution in [-0.2, 0) is 4.79 Å². The first-order valence-electron chi connectivity index (χ1n) is 10.2. The fourth-order valence-corrected chi connectivity index (χ4v) is 3.46. The smallest absolute Gasteiger partial charge is 0.263 e. The largest absolute Gasteiger partial charge is 0.506 e. The number of nitrogens with one attached hydrogen (secondary N) is 2. The van der Waals surface area contributed by atoms with Crippen molar-refractivity contribution in [3.05, 3.63) is 36.0 Å². The molecule has 3 N–H and O–H groups in total. The Balaban J connectivity index is 1.93. The van der Waals surface area contributed by atoms with Gasteiger partial charge in [0.15, 0.2) is 0 Å². The molecule has 1 aromatic carbocycles. The lowest BCUT2D eigenvalue weighted by Crippen LogP contribution is -2.35. The molecule has 1 amide bonds. The number of phenolic OH excluding ortho intramolecular Hbond substituents is 1. The van der Waals surface area contributed by atoms with E-state index >= 15 is 0 Å². The Morgan fingerprint density at radius 2 is 1.56 bits per heavy atom. The average Bonchev–Trinajstić information content (AvgIpc) is 2.66. The number of hydrogen-bond donors (Lipinski definition) is 3. The molecule has 1 aromatic rings. The lowest BCUT2D eigenvalue weighted by molar-refractivity contribution is -0.117. The highest BCUT2D eigenvalue weighted by Crippen LogP contribution is 2.22. The van der Waals surface area contributed by atoms with Crippen molar-refractivity contribution in [3.8, 4) is 11.8 Å². The summed E-state index contributed by atoms with van der Waals surface area (Å²) in [7, 11) is 0. The van der Waals surface area contributed by atoms with Crippen molar-refractivity contribution in [1.29, 1.82) is 5.26 Å². The van der Waals surface area contributed by atoms with Crippen molar-refractivity contribution in [2.75, 3.05) is 5.32 Å². The van der Waals surface area contributed by atoms with Gasteiger partial charge in [-0.1, -0.05) is 69.9 Å². The summed E-state index contributed by atoms with van der Waals surface area (Å²) in [6.07, 6.45) is 14.5. The molecule has 0 saturated heterocycles. The van der Waals surface area contributed by atoms with Crippen LogP contribution in [0.3, 0.4) is 0 Å². The molecule has 5 nitrogen and oxygen atoms in total. The third-order valence-corrected chi connectivity index (χ3v) is 5.08. The third kappa shape index (κ3) is 7.74. The molecule has 146 valence electrons. The van der Waals surface area contributed by atoms with E-state index in [1.165, 1.54) is 51.1 Å². The van der Waals surface area contributed by atoms with Crippen LogP contribution in [0.15, 0.2) is 36.0 Å². The minimum absolute atomic E-state index is 0.0179. The zero-order valence-corrected chi connectivity index (χ0v) is 16.0. The molecule has 1 aliphatic rings. The van der Waals surface area contributed by atoms with Crippen LogP contribution in [-0.4, -0.2) is 17.1 Å². The number of aromatic hydroxyl groups is 1. The molecule has 2 rings (SSSR count). The van der Waals surface area contributed by atoms with Gasteiger partial charge in [-0.3, -0.25) is 4.79 Å². The first kappa shape index (κ1) is 20.8. The molecule has 27 heavy (non-hydrogen) atoms. The van der Waals surface area contributed by atoms with Crippen molar-refractivity contribution in [2.45, 2.75) is 76.7 Å². The van der Waals surface area contributed by atoms with Gasteiger partial charge in [-0.25, -0.2) is 0 Å². The van der Waals surface area contributed by atoms with Gasteiger partial charge in [0, 0.05) is 12.2 Å². The summed E-state index contributed by atoms with van der Waals surface area (Å²) in [6, 6.07) is 8.80. The number of nitrogens with zero attached hydrogens (tertiary/aromatic N) is 1. The van der Waals surface area contributed by atoms with Crippen molar-refractivity contribution >= 4 is 11.6 Å². The van der Waals surface area contributed by atoms with E-state index < -0.39 is 0 Å². The Bertz CT molecular complexity index is 652. The van der Waals surface area contributed by atoms with Gasteiger partial charge in [0.2, 0.25) is 0 Å². The summed E-state index contributed by atoms with van der Waals surface area (Å²) in [5.41, 5.74) is 0.480. The predicted molar refractivity (Wildman–Crippen MR) is 108 cm³/mol. The number of hydrogen-bond acceptors (Lipinski definition) is 4. The fourth-order valence-electron chi connectivity index (χ4n) is 3.46. The first-order chi connectivity index (χ1) is 13.2. The topological polar surface area (TPSA) is 85.2 Å². The van der Waals surface area contributed by atoms with Crippen molar-refractivity contribution in [3.63, 3.8) is 0 Å². The van der Waals surface area contributed by atoms with Crippen LogP contribution in [0.25, 0.3) is 0 Å². The first-order valence-corrected chi connectivity index (χ1v) is 10.2. The number of anilines is 1. The number of para-hydroxylation sites is 2. The normalized spacial score (nSPS) is 17.8. The lowest BCUT2D eigenvalue weighted by atomic mass is 9.98. The fraction of sp³-hybridized carbons (Fsp3) is 0.545. The van der Waals surface area contributed by atoms with Gasteiger partial charge in [-0.05, 0) is 25.0 Å². The molecule has 0 heterocycles. The Hall–Kier alpha value is -2.48. The molecule has 0 spiro atoms. The second kappa shape index (κ2) is 12.0. The molecule has 1 aliphatic carbocycles. The molecule has 0 aliphatic heterocycles. The molecule has 0 atom stereocenters. The summed E-state index contributed by atoms with van der Waals surface area (Å²) in [4.78, 5) is 12.5. The number of carbonyl (C=O) groups excluding carboxylic acids is 1. The molecule has 0 aromatic heterocycles. The molecular formula is C22H31N3O2. The standard InChI is InChI=1S/C22H31N3O2/c23-16-18(17-24-20-14-10-11-15-21(20)26)22(27)25-19-12-8-6-4-2-1-3-5-7-9-13-19/h10-11,14-15,17,19,24,26H,1-9,12-13H2,(H,25,27)/b18-17-. The van der Waals surface area contributed by atoms with Crippen LogP contribution < -0.4 is 10.6 Å². The Morgan fingerprint density at radius 3 is 2.11 bits per heavy atom. The monoisotopic (exact) mass is 369 g/mol. The minimum Gasteiger partial charge on any atom is -0.506 e. The molecule has 0 bridgehead atoms. The number of benzene rings is 1. The van der Waals surface area contributed by atoms with Crippen molar-refractivity contribution in [1.82, 2.24) is 5.32 Å². The Morgan fingerprint density at radius 1 is 1.00 bits per heavy atom. The van der Waals surface area contributed by atoms with E-state index in [1.807, 2.05) is 6.07 Å². The highest BCUT2D eigenvalue weighted by Gasteiger charge is 2.16. The molecule has 1 fully saturated rings. The van der Waals surface area contributed by atoms with E-state index in [9.17, 15) is 15.2 Å². The zero-order valence-electron chi connectivity index (χ0n) is 16.0. The Kier molecular flexibility index (Phi) is 9.26. The van der Waals surface area contributed by atoms with Gasteiger partial charge in [0.25, 0.3) is 5.91 Å². The molecule has 1 saturated carbocycles. The van der Waals surface area contributed by atoms with E-state index in [0.29, 0.717) is 5.69 Å². The number of phenols is 1. The highest BCUT2D eigenvalue weighted by molar-refractivity contribution is 5.97. The maximum Gasteiger partial charge on any atom is 0.263 e. The van der Waals surface area contributed by atoms with Gasteiger partial charge in [0.05, 0.1) is 5.69 Å². The SMILES string of the molecule is N#C/C(=C/Nc1ccccc1O)C(=O)NC1CCCCCCCCCCC1. The zero-order chi connectivity index (χ0) is 19.3. The van der Waals surface area contributed by atoms with E-state index in [-0.39, 0.29) is 23.3 Å². The minimum atomic E-state index is -0.350. The van der Waals surface area contributed by atoms with E-state index in [1.54, 1.807) is 24.3 Å². The summed E-state index contributed by atoms with van der Waals surface area (Å²) in [5.74, 6) is -0.275. The van der Waals surface area contributed by atoms with Gasteiger partial charge >= 0.3 is 0 Å². The maximum atomic E-state index is 12.5. The van der Waals surface area contributed by atoms with Gasteiger partial charge in [-0.15, -0.1) is 0 Å². The van der Waals surface area contributed by atoms with Gasteiger partial charge in [0.1, 0.15) is 17.4 Å². The molecule has 0 unspecified atom stereocenters. The highest BCUT2D eigenvalue weighted by atomic mass is 16.3. The average molecular weight is 370 g/mol. The van der Waals surface area contributed by atoms with Gasteiger partial charge in [-0.2, -0.15) is 5.26 Å². The second-order valence-corrected chi connectivity index (χ2v) is 7.26. The molecular weight excluding hydrogens is 338 g/mol. The quantitative estimate of drug-likeness (QED) is 0.396. The van der Waals surface area contributed by atoms with E-state index in [4.69, 9.17) is 0 Å². The summed E-state index contributed by atoms with van der Waals surface area (Å²) in [5, 5.41) is 25.0. The number of rotatable bonds is 4. The van der Waals surface area contributed by atoms with Crippen molar-refractivity contribution in [2.24, 2.45) is 0 Å². The molecule has 5 heteroatoms. The molecule has 0 radical (unpaired) electrons. The second-order valence-electron chi connectivity index (χ2n) is 7.26. The predicted octanol–water partition coefficient (Wildman–Crippen LogP) is 5.00. The third-order valence-electron chi connectivity index (χ3n) is 5.08. The summed E-state index contributed by atoms with van der Waals surface area (Å²) in [6.45, 7) is 0. The van der Waals surface area contributed by atoms with E-state index in [2.05, 4.69) is 10.6 Å². The van der Waals surface area contributed by atoms with Crippen LogP contribution in [0.4, 0.5) is 5.69 Å². The van der Waals surface area contributed by atoms with Crippen LogP contribution >= 0.6 is 0 Å². The number of carbonyl (C=O) groups is 1. The van der Waals surface area contributed by atoms with Crippen LogP contribution in [0.5, 0.6) is 5.75 Å². The van der Waals surface area contributed by atoms with E-state index in [0.717, 1.165) is 25.7 Å². The number of nitriles is 1. The lowest BCUT2D eigenvalue weighted by Gasteiger charge is -2.19. The Labute approximate surface area is 162 Å². The summed E-state index contributed by atoms with van der Waals surface area (Å²) < 4.78 is 0. The van der Waals surface area contributed by atoms with Crippen LogP contribution in [0.2, 0.25) is 0 Å². The van der Waals surface area contributed by atoms with Crippen LogP contribution in [0, 0.1) is 11.3 Å². The summed E-state index contributed by atoms with van der Waals surface area (Å²) >= 11 is 0. The maximum absolute atomic E-state index is 12.5. The van der Waals surface area contributed by atoms with Crippen LogP contribution in [0.1, 0.15) is 70.6 Å².